The van der Waals surface area contributed by atoms with Gasteiger partial charge in [0.15, 0.2) is 0 Å². The Morgan fingerprint density at radius 2 is 1.96 bits per heavy atom. The van der Waals surface area contributed by atoms with Gasteiger partial charge in [0.25, 0.3) is 0 Å². The van der Waals surface area contributed by atoms with Crippen LogP contribution in [0.2, 0.25) is 0 Å². The molecule has 1 N–H and O–H groups in total. The van der Waals surface area contributed by atoms with Gasteiger partial charge in [-0.1, -0.05) is 30.3 Å². The number of hydrogen-bond donors (Lipinski definition) is 1. The smallest absolute Gasteiger partial charge is 0.317 e. The van der Waals surface area contributed by atoms with E-state index < -0.39 is 0 Å². The molecular weight excluding hydrogens is 326 g/mol. The summed E-state index contributed by atoms with van der Waals surface area (Å²) in [5.74, 6) is 0.261. The van der Waals surface area contributed by atoms with Crippen molar-refractivity contribution in [1.29, 1.82) is 0 Å². The molecule has 26 heavy (non-hydrogen) atoms. The van der Waals surface area contributed by atoms with Gasteiger partial charge >= 0.3 is 6.03 Å². The van der Waals surface area contributed by atoms with Crippen LogP contribution in [0.15, 0.2) is 30.3 Å². The highest BCUT2D eigenvalue weighted by atomic mass is 16.2. The quantitative estimate of drug-likeness (QED) is 0.880. The van der Waals surface area contributed by atoms with Gasteiger partial charge in [0, 0.05) is 32.2 Å². The molecule has 2 fully saturated rings. The molecule has 1 spiro atoms. The first-order valence-electron chi connectivity index (χ1n) is 9.89. The molecule has 0 unspecified atom stereocenters. The third-order valence-corrected chi connectivity index (χ3v) is 5.61. The molecule has 1 aromatic rings. The van der Waals surface area contributed by atoms with E-state index in [0.29, 0.717) is 13.1 Å². The van der Waals surface area contributed by atoms with Crippen LogP contribution in [0, 0.1) is 5.41 Å². The molecule has 2 aliphatic rings. The summed E-state index contributed by atoms with van der Waals surface area (Å²) in [6.07, 6.45) is 4.74. The van der Waals surface area contributed by atoms with Crippen LogP contribution in [0.3, 0.4) is 0 Å². The minimum atomic E-state index is -0.348. The van der Waals surface area contributed by atoms with Crippen molar-refractivity contribution in [3.05, 3.63) is 35.9 Å². The van der Waals surface area contributed by atoms with Crippen molar-refractivity contribution in [1.82, 2.24) is 15.1 Å². The van der Waals surface area contributed by atoms with Gasteiger partial charge in [0.2, 0.25) is 5.91 Å². The van der Waals surface area contributed by atoms with Crippen molar-refractivity contribution in [2.75, 3.05) is 26.2 Å². The summed E-state index contributed by atoms with van der Waals surface area (Å²) >= 11 is 0. The lowest BCUT2D eigenvalue weighted by Gasteiger charge is -2.39. The maximum Gasteiger partial charge on any atom is 0.317 e. The number of amides is 3. The average Bonchev–Trinajstić information content (AvgIpc) is 3.04. The molecule has 1 atom stereocenters. The van der Waals surface area contributed by atoms with Crippen molar-refractivity contribution < 1.29 is 9.59 Å². The number of rotatable bonds is 5. The number of hydrogen-bond acceptors (Lipinski definition) is 2. The molecule has 0 aliphatic carbocycles. The van der Waals surface area contributed by atoms with Gasteiger partial charge in [-0.05, 0) is 51.5 Å². The zero-order valence-electron chi connectivity index (χ0n) is 16.0. The van der Waals surface area contributed by atoms with E-state index in [1.54, 1.807) is 0 Å². The largest absolute Gasteiger partial charge is 0.342 e. The second kappa shape index (κ2) is 8.11. The van der Waals surface area contributed by atoms with E-state index in [-0.39, 0.29) is 23.4 Å². The monoisotopic (exact) mass is 357 g/mol. The number of carbonyl (C=O) groups is 2. The fourth-order valence-corrected chi connectivity index (χ4v) is 4.25. The first kappa shape index (κ1) is 18.7. The maximum atomic E-state index is 13.1. The lowest BCUT2D eigenvalue weighted by atomic mass is 9.78. The topological polar surface area (TPSA) is 52.7 Å². The Morgan fingerprint density at radius 3 is 2.69 bits per heavy atom. The van der Waals surface area contributed by atoms with Crippen LogP contribution in [-0.2, 0) is 11.2 Å². The fraction of sp³-hybridized carbons (Fsp3) is 0.619. The highest BCUT2D eigenvalue weighted by Crippen LogP contribution is 2.40. The lowest BCUT2D eigenvalue weighted by Crippen LogP contribution is -2.51. The first-order chi connectivity index (χ1) is 12.5. The molecule has 0 bridgehead atoms. The Morgan fingerprint density at radius 1 is 1.19 bits per heavy atom. The van der Waals surface area contributed by atoms with E-state index in [9.17, 15) is 9.59 Å². The predicted octanol–water partition coefficient (Wildman–Crippen LogP) is 3.05. The molecule has 1 aromatic carbocycles. The van der Waals surface area contributed by atoms with Crippen molar-refractivity contribution in [2.24, 2.45) is 5.41 Å². The summed E-state index contributed by atoms with van der Waals surface area (Å²) in [5.41, 5.74) is 0.975. The number of piperidine rings is 1. The van der Waals surface area contributed by atoms with Gasteiger partial charge in [-0.3, -0.25) is 4.79 Å². The third-order valence-electron chi connectivity index (χ3n) is 5.61. The highest BCUT2D eigenvalue weighted by Gasteiger charge is 2.49. The Bertz CT molecular complexity index is 631. The van der Waals surface area contributed by atoms with Gasteiger partial charge in [0.05, 0.1) is 5.41 Å². The predicted molar refractivity (Wildman–Crippen MR) is 103 cm³/mol. The van der Waals surface area contributed by atoms with Crippen LogP contribution in [0.4, 0.5) is 4.79 Å². The van der Waals surface area contributed by atoms with Gasteiger partial charge in [-0.15, -0.1) is 0 Å². The SMILES string of the molecule is CC(C)NC(=O)N1CC[C@@]2(CCCN(CCCc3ccccc3)C2=O)C1. The second-order valence-corrected chi connectivity index (χ2v) is 8.04. The fourth-order valence-electron chi connectivity index (χ4n) is 4.25. The van der Waals surface area contributed by atoms with Gasteiger partial charge < -0.3 is 15.1 Å². The van der Waals surface area contributed by atoms with Crippen LogP contribution in [0.1, 0.15) is 45.1 Å². The Labute approximate surface area is 156 Å². The molecular formula is C21H31N3O2. The second-order valence-electron chi connectivity index (χ2n) is 8.04. The Kier molecular flexibility index (Phi) is 5.84. The number of benzene rings is 1. The minimum absolute atomic E-state index is 0.0362. The summed E-state index contributed by atoms with van der Waals surface area (Å²) < 4.78 is 0. The van der Waals surface area contributed by atoms with E-state index in [0.717, 1.165) is 45.2 Å². The molecule has 2 heterocycles. The first-order valence-corrected chi connectivity index (χ1v) is 9.89. The van der Waals surface area contributed by atoms with E-state index in [1.165, 1.54) is 5.56 Å². The maximum absolute atomic E-state index is 13.1. The van der Waals surface area contributed by atoms with Crippen molar-refractivity contribution in [3.63, 3.8) is 0 Å². The molecule has 0 saturated carbocycles. The van der Waals surface area contributed by atoms with Crippen LogP contribution < -0.4 is 5.32 Å². The summed E-state index contributed by atoms with van der Waals surface area (Å²) in [7, 11) is 0. The minimum Gasteiger partial charge on any atom is -0.342 e. The molecule has 3 rings (SSSR count). The number of nitrogens with zero attached hydrogens (tertiary/aromatic N) is 2. The number of nitrogens with one attached hydrogen (secondary N) is 1. The van der Waals surface area contributed by atoms with Crippen molar-refractivity contribution >= 4 is 11.9 Å². The van der Waals surface area contributed by atoms with E-state index in [1.807, 2.05) is 29.7 Å². The summed E-state index contributed by atoms with van der Waals surface area (Å²) in [5, 5.41) is 2.95. The number of carbonyl (C=O) groups excluding carboxylic acids is 2. The Hall–Kier alpha value is -2.04. The zero-order valence-corrected chi connectivity index (χ0v) is 16.0. The van der Waals surface area contributed by atoms with Crippen molar-refractivity contribution in [3.8, 4) is 0 Å². The molecule has 0 aromatic heterocycles. The molecule has 0 radical (unpaired) electrons. The lowest BCUT2D eigenvalue weighted by molar-refractivity contribution is -0.145. The number of aryl methyl sites for hydroxylation is 1. The van der Waals surface area contributed by atoms with E-state index in [4.69, 9.17) is 0 Å². The van der Waals surface area contributed by atoms with Crippen LogP contribution in [0.25, 0.3) is 0 Å². The van der Waals surface area contributed by atoms with E-state index in [2.05, 4.69) is 29.6 Å². The van der Waals surface area contributed by atoms with Crippen molar-refractivity contribution in [2.45, 2.75) is 52.0 Å². The van der Waals surface area contributed by atoms with Gasteiger partial charge in [-0.25, -0.2) is 4.79 Å². The molecule has 5 nitrogen and oxygen atoms in total. The summed E-state index contributed by atoms with van der Waals surface area (Å²) in [6.45, 7) is 6.84. The number of likely N-dealkylation sites (tertiary alicyclic amines) is 2. The summed E-state index contributed by atoms with van der Waals surface area (Å²) in [4.78, 5) is 29.3. The molecule has 5 heteroatoms. The zero-order chi connectivity index (χ0) is 18.6. The molecule has 142 valence electrons. The molecule has 3 amide bonds. The van der Waals surface area contributed by atoms with Gasteiger partial charge in [-0.2, -0.15) is 0 Å². The standard InChI is InChI=1S/C21H31N3O2/c1-17(2)22-20(26)24-15-12-21(16-24)11-7-14-23(19(21)25)13-6-10-18-8-4-3-5-9-18/h3-5,8-9,17H,6-7,10-16H2,1-2H3,(H,22,26)/t21-/m0/s1. The van der Waals surface area contributed by atoms with Gasteiger partial charge in [0.1, 0.15) is 0 Å². The average molecular weight is 357 g/mol. The highest BCUT2D eigenvalue weighted by molar-refractivity contribution is 5.85. The summed E-state index contributed by atoms with van der Waals surface area (Å²) in [6, 6.07) is 10.5. The third kappa shape index (κ3) is 4.19. The van der Waals surface area contributed by atoms with Crippen LogP contribution in [0.5, 0.6) is 0 Å². The van der Waals surface area contributed by atoms with Crippen LogP contribution >= 0.6 is 0 Å². The molecule has 2 aliphatic heterocycles. The van der Waals surface area contributed by atoms with Crippen LogP contribution in [-0.4, -0.2) is 54.0 Å². The molecule has 2 saturated heterocycles. The normalized spacial score (nSPS) is 23.1. The number of urea groups is 1. The Balaban J connectivity index is 1.55. The van der Waals surface area contributed by atoms with E-state index >= 15 is 0 Å².